The zero-order valence-corrected chi connectivity index (χ0v) is 11.1. The van der Waals surface area contributed by atoms with Gasteiger partial charge in [-0.3, -0.25) is 4.79 Å². The van der Waals surface area contributed by atoms with Crippen LogP contribution in [0, 0.1) is 5.92 Å². The molecule has 0 bridgehead atoms. The van der Waals surface area contributed by atoms with Gasteiger partial charge in [-0.2, -0.15) is 0 Å². The molecule has 0 spiro atoms. The number of carbonyl (C=O) groups excluding carboxylic acids is 1. The summed E-state index contributed by atoms with van der Waals surface area (Å²) in [6.07, 6.45) is 2.33. The van der Waals surface area contributed by atoms with E-state index in [4.69, 9.17) is 9.84 Å². The third-order valence-corrected chi connectivity index (χ3v) is 3.05. The Morgan fingerprint density at radius 2 is 2.07 bits per heavy atom. The Bertz CT molecular complexity index is 218. The summed E-state index contributed by atoms with van der Waals surface area (Å²) in [5.41, 5.74) is 2.12. The molecule has 0 aliphatic heterocycles. The highest BCUT2D eigenvalue weighted by atomic mass is 28.3. The Balaban J connectivity index is 4.39. The van der Waals surface area contributed by atoms with E-state index in [9.17, 15) is 4.79 Å². The molecule has 88 valence electrons. The predicted molar refractivity (Wildman–Crippen MR) is 64.3 cm³/mol. The maximum Gasteiger partial charge on any atom is 0.312 e. The van der Waals surface area contributed by atoms with E-state index in [-0.39, 0.29) is 18.5 Å². The molecule has 0 aromatic heterocycles. The van der Waals surface area contributed by atoms with E-state index in [0.717, 1.165) is 0 Å². The quantitative estimate of drug-likeness (QED) is 0.560. The number of rotatable bonds is 6. The van der Waals surface area contributed by atoms with Crippen LogP contribution in [0.25, 0.3) is 0 Å². The number of carbonyl (C=O) groups is 1. The molecule has 3 nitrogen and oxygen atoms in total. The van der Waals surface area contributed by atoms with E-state index in [0.29, 0.717) is 13.0 Å². The van der Waals surface area contributed by atoms with Gasteiger partial charge < -0.3 is 9.84 Å². The highest BCUT2D eigenvalue weighted by molar-refractivity contribution is 6.80. The van der Waals surface area contributed by atoms with E-state index in [1.165, 1.54) is 0 Å². The summed E-state index contributed by atoms with van der Waals surface area (Å²) in [5, 5.41) is 8.85. The Morgan fingerprint density at radius 3 is 2.47 bits per heavy atom. The van der Waals surface area contributed by atoms with Gasteiger partial charge in [0.25, 0.3) is 0 Å². The van der Waals surface area contributed by atoms with Crippen LogP contribution in [-0.2, 0) is 9.53 Å². The molecule has 0 rings (SSSR count). The van der Waals surface area contributed by atoms with Gasteiger partial charge in [-0.05, 0) is 13.3 Å². The molecule has 0 saturated heterocycles. The maximum absolute atomic E-state index is 11.5. The molecule has 1 atom stereocenters. The first-order chi connectivity index (χ1) is 6.90. The van der Waals surface area contributed by atoms with Crippen LogP contribution in [0.3, 0.4) is 0 Å². The molecule has 0 aromatic carbocycles. The van der Waals surface area contributed by atoms with Crippen LogP contribution in [-0.4, -0.2) is 32.4 Å². The fourth-order valence-electron chi connectivity index (χ4n) is 1.09. The van der Waals surface area contributed by atoms with Gasteiger partial charge in [-0.15, -0.1) is 0 Å². The van der Waals surface area contributed by atoms with Gasteiger partial charge in [-0.1, -0.05) is 31.4 Å². The Labute approximate surface area is 93.1 Å². The standard InChI is InChI=1S/C11H22O3Si/c1-5-14-11(13)10(6-8-12)7-9-15(2,3)4/h7,9-10,12H,5-6,8H2,1-4H3. The molecule has 0 radical (unpaired) electrons. The van der Waals surface area contributed by atoms with Gasteiger partial charge in [-0.25, -0.2) is 0 Å². The van der Waals surface area contributed by atoms with Crippen molar-refractivity contribution in [1.82, 2.24) is 0 Å². The van der Waals surface area contributed by atoms with E-state index < -0.39 is 8.07 Å². The number of hydrogen-bond donors (Lipinski definition) is 1. The van der Waals surface area contributed by atoms with Crippen molar-refractivity contribution < 1.29 is 14.6 Å². The van der Waals surface area contributed by atoms with Crippen molar-refractivity contribution >= 4 is 14.0 Å². The van der Waals surface area contributed by atoms with Crippen molar-refractivity contribution in [3.05, 3.63) is 11.8 Å². The average molecular weight is 230 g/mol. The molecular weight excluding hydrogens is 208 g/mol. The molecule has 15 heavy (non-hydrogen) atoms. The summed E-state index contributed by atoms with van der Waals surface area (Å²) >= 11 is 0. The zero-order chi connectivity index (χ0) is 11.9. The SMILES string of the molecule is CCOC(=O)C(C=C[Si](C)(C)C)CCO. The molecule has 0 amide bonds. The fraction of sp³-hybridized carbons (Fsp3) is 0.727. The van der Waals surface area contributed by atoms with Crippen LogP contribution < -0.4 is 0 Å². The average Bonchev–Trinajstić information content (AvgIpc) is 2.11. The lowest BCUT2D eigenvalue weighted by atomic mass is 10.1. The second-order valence-electron chi connectivity index (χ2n) is 4.60. The van der Waals surface area contributed by atoms with Crippen molar-refractivity contribution in [3.63, 3.8) is 0 Å². The summed E-state index contributed by atoms with van der Waals surface area (Å²) in [6.45, 7) is 8.79. The molecule has 0 fully saturated rings. The second-order valence-corrected chi connectivity index (χ2v) is 9.66. The number of ether oxygens (including phenoxy) is 1. The van der Waals surface area contributed by atoms with E-state index >= 15 is 0 Å². The minimum atomic E-state index is -1.29. The van der Waals surface area contributed by atoms with Crippen molar-refractivity contribution in [1.29, 1.82) is 0 Å². The van der Waals surface area contributed by atoms with Crippen molar-refractivity contribution in [2.45, 2.75) is 33.0 Å². The van der Waals surface area contributed by atoms with Gasteiger partial charge in [0, 0.05) is 6.61 Å². The Morgan fingerprint density at radius 1 is 1.47 bits per heavy atom. The Kier molecular flexibility index (Phi) is 6.52. The molecule has 0 aromatic rings. The molecule has 0 saturated carbocycles. The van der Waals surface area contributed by atoms with Gasteiger partial charge >= 0.3 is 5.97 Å². The monoisotopic (exact) mass is 230 g/mol. The Hall–Kier alpha value is -0.613. The molecule has 0 aliphatic rings. The lowest BCUT2D eigenvalue weighted by Gasteiger charge is -2.13. The fourth-order valence-corrected chi connectivity index (χ4v) is 1.90. The van der Waals surface area contributed by atoms with Gasteiger partial charge in [0.05, 0.1) is 20.6 Å². The first kappa shape index (κ1) is 14.4. The third-order valence-electron chi connectivity index (χ3n) is 1.86. The van der Waals surface area contributed by atoms with Crippen LogP contribution in [0.4, 0.5) is 0 Å². The van der Waals surface area contributed by atoms with Crippen molar-refractivity contribution in [2.75, 3.05) is 13.2 Å². The topological polar surface area (TPSA) is 46.5 Å². The third kappa shape index (κ3) is 7.33. The van der Waals surface area contributed by atoms with Crippen LogP contribution in [0.15, 0.2) is 11.8 Å². The van der Waals surface area contributed by atoms with Gasteiger partial charge in [0.15, 0.2) is 0 Å². The molecule has 4 heteroatoms. The summed E-state index contributed by atoms with van der Waals surface area (Å²) in [6, 6.07) is 0. The first-order valence-corrected chi connectivity index (χ1v) is 8.95. The molecule has 1 unspecified atom stereocenters. The van der Waals surface area contributed by atoms with Gasteiger partial charge in [0.2, 0.25) is 0 Å². The smallest absolute Gasteiger partial charge is 0.312 e. The summed E-state index contributed by atoms with van der Waals surface area (Å²) in [7, 11) is -1.29. The number of aliphatic hydroxyl groups excluding tert-OH is 1. The molecule has 0 aliphatic carbocycles. The minimum Gasteiger partial charge on any atom is -0.466 e. The van der Waals surface area contributed by atoms with E-state index in [1.54, 1.807) is 6.92 Å². The highest BCUT2D eigenvalue weighted by Crippen LogP contribution is 2.11. The number of hydrogen-bond acceptors (Lipinski definition) is 3. The van der Waals surface area contributed by atoms with Crippen molar-refractivity contribution in [2.24, 2.45) is 5.92 Å². The van der Waals surface area contributed by atoms with E-state index in [1.807, 2.05) is 6.08 Å². The number of esters is 1. The second kappa shape index (κ2) is 6.79. The summed E-state index contributed by atoms with van der Waals surface area (Å²) in [4.78, 5) is 11.5. The highest BCUT2D eigenvalue weighted by Gasteiger charge is 2.17. The normalized spacial score (nSPS) is 14.2. The lowest BCUT2D eigenvalue weighted by molar-refractivity contribution is -0.146. The predicted octanol–water partition coefficient (Wildman–Crippen LogP) is 1.98. The summed E-state index contributed by atoms with van der Waals surface area (Å²) in [5.74, 6) is -0.525. The zero-order valence-electron chi connectivity index (χ0n) is 10.1. The first-order valence-electron chi connectivity index (χ1n) is 5.37. The van der Waals surface area contributed by atoms with E-state index in [2.05, 4.69) is 25.3 Å². The van der Waals surface area contributed by atoms with Crippen LogP contribution in [0.2, 0.25) is 19.6 Å². The van der Waals surface area contributed by atoms with Crippen LogP contribution in [0.1, 0.15) is 13.3 Å². The minimum absolute atomic E-state index is 0.0134. The van der Waals surface area contributed by atoms with Crippen molar-refractivity contribution in [3.8, 4) is 0 Å². The molecular formula is C11H22O3Si. The number of aliphatic hydroxyl groups is 1. The molecule has 1 N–H and O–H groups in total. The van der Waals surface area contributed by atoms with Gasteiger partial charge in [0.1, 0.15) is 0 Å². The lowest BCUT2D eigenvalue weighted by Crippen LogP contribution is -2.20. The van der Waals surface area contributed by atoms with Crippen LogP contribution >= 0.6 is 0 Å². The maximum atomic E-state index is 11.5. The molecule has 0 heterocycles. The summed E-state index contributed by atoms with van der Waals surface area (Å²) < 4.78 is 4.94. The largest absolute Gasteiger partial charge is 0.466 e. The van der Waals surface area contributed by atoms with Crippen LogP contribution in [0.5, 0.6) is 0 Å².